The number of rotatable bonds is 5. The quantitative estimate of drug-likeness (QED) is 0.471. The average molecular weight is 442 g/mol. The predicted molar refractivity (Wildman–Crippen MR) is 112 cm³/mol. The first-order chi connectivity index (χ1) is 14.8. The Balaban J connectivity index is 1.57. The van der Waals surface area contributed by atoms with Crippen molar-refractivity contribution >= 4 is 39.9 Å². The van der Waals surface area contributed by atoms with Crippen LogP contribution in [0.3, 0.4) is 0 Å². The third-order valence-electron chi connectivity index (χ3n) is 4.44. The van der Waals surface area contributed by atoms with Gasteiger partial charge in [-0.05, 0) is 36.6 Å². The van der Waals surface area contributed by atoms with Gasteiger partial charge in [-0.25, -0.2) is 18.6 Å². The molecular weight excluding hydrogens is 426 g/mol. The van der Waals surface area contributed by atoms with Gasteiger partial charge in [0.05, 0.1) is 27.2 Å². The number of nitrogens with zero attached hydrogens (tertiary/aromatic N) is 3. The lowest BCUT2D eigenvalue weighted by atomic mass is 10.1. The summed E-state index contributed by atoms with van der Waals surface area (Å²) in [6.45, 7) is 1.12. The molecule has 0 aliphatic heterocycles. The zero-order chi connectivity index (χ0) is 22.1. The molecule has 3 aromatic heterocycles. The first-order valence-corrected chi connectivity index (χ1v) is 10.0. The fraction of sp³-hybridized carbons (Fsp3) is 0.143. The van der Waals surface area contributed by atoms with Crippen LogP contribution in [0.5, 0.6) is 0 Å². The topological polar surface area (TPSA) is 86.1 Å². The Kier molecular flexibility index (Phi) is 5.47. The highest BCUT2D eigenvalue weighted by molar-refractivity contribution is 7.13. The molecule has 31 heavy (non-hydrogen) atoms. The molecule has 0 aliphatic rings. The van der Waals surface area contributed by atoms with Crippen molar-refractivity contribution in [1.82, 2.24) is 14.8 Å². The molecule has 1 N–H and O–H groups in total. The van der Waals surface area contributed by atoms with Crippen molar-refractivity contribution in [3.63, 3.8) is 0 Å². The van der Waals surface area contributed by atoms with Gasteiger partial charge < -0.3 is 10.1 Å². The van der Waals surface area contributed by atoms with Crippen LogP contribution < -0.4 is 5.32 Å². The maximum absolute atomic E-state index is 13.3. The van der Waals surface area contributed by atoms with Crippen LogP contribution in [0.1, 0.15) is 16.1 Å². The van der Waals surface area contributed by atoms with E-state index >= 15 is 0 Å². The summed E-state index contributed by atoms with van der Waals surface area (Å²) in [5, 5.41) is 9.04. The van der Waals surface area contributed by atoms with Gasteiger partial charge in [-0.15, -0.1) is 11.3 Å². The van der Waals surface area contributed by atoms with E-state index in [1.54, 1.807) is 24.7 Å². The van der Waals surface area contributed by atoms with Crippen molar-refractivity contribution in [1.29, 1.82) is 0 Å². The molecule has 0 spiro atoms. The molecule has 0 fully saturated rings. The number of esters is 1. The van der Waals surface area contributed by atoms with Crippen LogP contribution in [0.15, 0.2) is 41.8 Å². The van der Waals surface area contributed by atoms with Gasteiger partial charge in [0.1, 0.15) is 11.6 Å². The number of halogens is 2. The Labute approximate surface area is 179 Å². The van der Waals surface area contributed by atoms with Crippen molar-refractivity contribution < 1.29 is 23.1 Å². The molecule has 0 unspecified atom stereocenters. The number of hydrogen-bond donors (Lipinski definition) is 1. The monoisotopic (exact) mass is 442 g/mol. The maximum atomic E-state index is 13.3. The third-order valence-corrected chi connectivity index (χ3v) is 5.34. The number of ether oxygens (including phenoxy) is 1. The predicted octanol–water partition coefficient (Wildman–Crippen LogP) is 4.08. The van der Waals surface area contributed by atoms with Gasteiger partial charge in [0.25, 0.3) is 5.91 Å². The second-order valence-corrected chi connectivity index (χ2v) is 7.67. The first-order valence-electron chi connectivity index (χ1n) is 9.13. The highest BCUT2D eigenvalue weighted by Gasteiger charge is 2.21. The van der Waals surface area contributed by atoms with Crippen LogP contribution in [-0.4, -0.2) is 33.2 Å². The van der Waals surface area contributed by atoms with Crippen molar-refractivity contribution in [3.8, 4) is 10.6 Å². The van der Waals surface area contributed by atoms with Crippen molar-refractivity contribution in [2.24, 2.45) is 7.05 Å². The summed E-state index contributed by atoms with van der Waals surface area (Å²) in [7, 11) is 1.72. The largest absolute Gasteiger partial charge is 0.452 e. The number of hydrogen-bond acceptors (Lipinski definition) is 6. The van der Waals surface area contributed by atoms with Crippen molar-refractivity contribution in [3.05, 3.63) is 64.7 Å². The van der Waals surface area contributed by atoms with Gasteiger partial charge in [-0.2, -0.15) is 5.10 Å². The normalized spacial score (nSPS) is 11.0. The van der Waals surface area contributed by atoms with Gasteiger partial charge >= 0.3 is 5.97 Å². The van der Waals surface area contributed by atoms with Gasteiger partial charge in [0.2, 0.25) is 0 Å². The molecule has 0 radical (unpaired) electrons. The van der Waals surface area contributed by atoms with Crippen LogP contribution in [0, 0.1) is 18.6 Å². The van der Waals surface area contributed by atoms with Crippen molar-refractivity contribution in [2.75, 3.05) is 11.9 Å². The Morgan fingerprint density at radius 1 is 1.19 bits per heavy atom. The minimum absolute atomic E-state index is 0.0760. The van der Waals surface area contributed by atoms with E-state index < -0.39 is 30.1 Å². The number of carbonyl (C=O) groups excluding carboxylic acids is 2. The lowest BCUT2D eigenvalue weighted by Crippen LogP contribution is -2.21. The molecule has 4 rings (SSSR count). The minimum Gasteiger partial charge on any atom is -0.452 e. The number of fused-ring (bicyclic) bond motifs is 1. The van der Waals surface area contributed by atoms with Crippen LogP contribution in [-0.2, 0) is 16.6 Å². The van der Waals surface area contributed by atoms with E-state index in [1.807, 2.05) is 17.5 Å². The van der Waals surface area contributed by atoms with E-state index in [4.69, 9.17) is 4.74 Å². The molecule has 7 nitrogen and oxygen atoms in total. The molecule has 0 aliphatic carbocycles. The van der Waals surface area contributed by atoms with Gasteiger partial charge in [0, 0.05) is 18.8 Å². The average Bonchev–Trinajstić information content (AvgIpc) is 3.33. The van der Waals surface area contributed by atoms with Gasteiger partial charge in [0.15, 0.2) is 12.3 Å². The Bertz CT molecular complexity index is 1280. The van der Waals surface area contributed by atoms with Crippen LogP contribution in [0.4, 0.5) is 14.5 Å². The van der Waals surface area contributed by atoms with Gasteiger partial charge in [-0.1, -0.05) is 6.07 Å². The van der Waals surface area contributed by atoms with Crippen LogP contribution in [0.25, 0.3) is 21.6 Å². The number of anilines is 1. The smallest absolute Gasteiger partial charge is 0.339 e. The molecule has 0 saturated carbocycles. The second kappa shape index (κ2) is 8.23. The summed E-state index contributed by atoms with van der Waals surface area (Å²) in [6.07, 6.45) is 0. The van der Waals surface area contributed by atoms with E-state index in [0.717, 1.165) is 17.0 Å². The standard InChI is InChI=1S/C21H16F2N4O3S/c1-11-19-15(9-16(17-4-3-5-31-17)25-20(19)27(2)26-11)21(29)30-10-18(28)24-14-7-12(22)6-13(23)8-14/h3-9H,10H2,1-2H3,(H,24,28). The summed E-state index contributed by atoms with van der Waals surface area (Å²) in [4.78, 5) is 30.4. The van der Waals surface area contributed by atoms with E-state index in [9.17, 15) is 18.4 Å². The number of aryl methyl sites for hydroxylation is 2. The summed E-state index contributed by atoms with van der Waals surface area (Å²) in [5.74, 6) is -3.13. The minimum atomic E-state index is -0.834. The van der Waals surface area contributed by atoms with Crippen molar-refractivity contribution in [2.45, 2.75) is 6.92 Å². The molecule has 158 valence electrons. The number of aromatic nitrogens is 3. The number of thiophene rings is 1. The molecule has 0 saturated heterocycles. The van der Waals surface area contributed by atoms with E-state index in [2.05, 4.69) is 15.4 Å². The molecular formula is C21H16F2N4O3S. The molecule has 10 heteroatoms. The van der Waals surface area contributed by atoms with Crippen LogP contribution in [0.2, 0.25) is 0 Å². The number of pyridine rings is 1. The van der Waals surface area contributed by atoms with E-state index in [1.165, 1.54) is 11.3 Å². The zero-order valence-electron chi connectivity index (χ0n) is 16.5. The molecule has 4 aromatic rings. The molecule has 1 aromatic carbocycles. The number of benzene rings is 1. The maximum Gasteiger partial charge on any atom is 0.339 e. The molecule has 0 atom stereocenters. The van der Waals surface area contributed by atoms with E-state index in [-0.39, 0.29) is 11.3 Å². The van der Waals surface area contributed by atoms with E-state index in [0.29, 0.717) is 28.5 Å². The fourth-order valence-corrected chi connectivity index (χ4v) is 3.87. The van der Waals surface area contributed by atoms with Gasteiger partial charge in [-0.3, -0.25) is 9.48 Å². The second-order valence-electron chi connectivity index (χ2n) is 6.72. The summed E-state index contributed by atoms with van der Waals surface area (Å²) < 4.78 is 33.3. The molecule has 0 bridgehead atoms. The summed E-state index contributed by atoms with van der Waals surface area (Å²) >= 11 is 1.47. The number of nitrogens with one attached hydrogen (secondary N) is 1. The highest BCUT2D eigenvalue weighted by Crippen LogP contribution is 2.29. The summed E-state index contributed by atoms with van der Waals surface area (Å²) in [6, 6.07) is 7.96. The SMILES string of the molecule is Cc1nn(C)c2nc(-c3cccs3)cc(C(=O)OCC(=O)Nc3cc(F)cc(F)c3)c12. The highest BCUT2D eigenvalue weighted by atomic mass is 32.1. The molecule has 1 amide bonds. The van der Waals surface area contributed by atoms with Crippen LogP contribution >= 0.6 is 11.3 Å². The first kappa shape index (κ1) is 20.6. The summed E-state index contributed by atoms with van der Waals surface area (Å²) in [5.41, 5.74) is 1.83. The lowest BCUT2D eigenvalue weighted by molar-refractivity contribution is -0.119. The Morgan fingerprint density at radius 3 is 2.61 bits per heavy atom. The number of amides is 1. The Hall–Kier alpha value is -3.66. The Morgan fingerprint density at radius 2 is 1.94 bits per heavy atom. The molecule has 3 heterocycles. The fourth-order valence-electron chi connectivity index (χ4n) is 3.19. The number of carbonyl (C=O) groups is 2. The zero-order valence-corrected chi connectivity index (χ0v) is 17.3. The third kappa shape index (κ3) is 4.29. The lowest BCUT2D eigenvalue weighted by Gasteiger charge is -2.09.